The standard InChI is InChI=1S/C11H18N2O3S3/c1-12-19(14,15)11-3-2-9(16-11)6-13-7-10-8-17-4-5-18-10/h2-3,10,12-13H,4-8H2,1H3. The third-order valence-electron chi connectivity index (χ3n) is 2.73. The lowest BCUT2D eigenvalue weighted by Gasteiger charge is -2.20. The molecule has 5 nitrogen and oxygen atoms in total. The summed E-state index contributed by atoms with van der Waals surface area (Å²) in [7, 11) is -2.11. The van der Waals surface area contributed by atoms with Gasteiger partial charge in [0.2, 0.25) is 5.09 Å². The van der Waals surface area contributed by atoms with Crippen molar-refractivity contribution >= 4 is 33.5 Å². The van der Waals surface area contributed by atoms with Crippen molar-refractivity contribution in [3.05, 3.63) is 17.9 Å². The lowest BCUT2D eigenvalue weighted by Crippen LogP contribution is -2.28. The van der Waals surface area contributed by atoms with Gasteiger partial charge < -0.3 is 9.73 Å². The van der Waals surface area contributed by atoms with Crippen LogP contribution in [0, 0.1) is 0 Å². The molecule has 8 heteroatoms. The highest BCUT2D eigenvalue weighted by Gasteiger charge is 2.17. The molecule has 1 atom stereocenters. The van der Waals surface area contributed by atoms with Gasteiger partial charge in [-0.2, -0.15) is 23.5 Å². The fourth-order valence-electron chi connectivity index (χ4n) is 1.71. The van der Waals surface area contributed by atoms with Gasteiger partial charge in [0.25, 0.3) is 10.0 Å². The third kappa shape index (κ3) is 4.42. The minimum absolute atomic E-state index is 0.0330. The van der Waals surface area contributed by atoms with Crippen LogP contribution in [-0.4, -0.2) is 44.5 Å². The molecule has 19 heavy (non-hydrogen) atoms. The van der Waals surface area contributed by atoms with E-state index in [-0.39, 0.29) is 5.09 Å². The second-order valence-corrected chi connectivity index (χ2v) is 8.50. The predicted octanol–water partition coefficient (Wildman–Crippen LogP) is 1.13. The molecule has 0 radical (unpaired) electrons. The van der Waals surface area contributed by atoms with Gasteiger partial charge in [-0.05, 0) is 19.2 Å². The molecule has 0 bridgehead atoms. The van der Waals surface area contributed by atoms with Gasteiger partial charge in [-0.1, -0.05) is 0 Å². The second-order valence-electron chi connectivity index (χ2n) is 4.13. The van der Waals surface area contributed by atoms with Gasteiger partial charge in [0.05, 0.1) is 6.54 Å². The quantitative estimate of drug-likeness (QED) is 0.818. The molecule has 1 aromatic rings. The van der Waals surface area contributed by atoms with Crippen molar-refractivity contribution in [2.75, 3.05) is 30.9 Å². The van der Waals surface area contributed by atoms with E-state index >= 15 is 0 Å². The van der Waals surface area contributed by atoms with Gasteiger partial charge in [-0.15, -0.1) is 0 Å². The lowest BCUT2D eigenvalue weighted by molar-refractivity contribution is 0.401. The number of furan rings is 1. The highest BCUT2D eigenvalue weighted by Crippen LogP contribution is 2.23. The summed E-state index contributed by atoms with van der Waals surface area (Å²) < 4.78 is 30.5. The maximum absolute atomic E-state index is 11.5. The first-order valence-electron chi connectivity index (χ1n) is 6.04. The van der Waals surface area contributed by atoms with Crippen LogP contribution in [0.3, 0.4) is 0 Å². The van der Waals surface area contributed by atoms with Crippen molar-refractivity contribution < 1.29 is 12.8 Å². The van der Waals surface area contributed by atoms with E-state index in [0.29, 0.717) is 17.6 Å². The topological polar surface area (TPSA) is 71.3 Å². The minimum atomic E-state index is -3.47. The van der Waals surface area contributed by atoms with Gasteiger partial charge in [0.15, 0.2) is 0 Å². The maximum atomic E-state index is 11.5. The first-order valence-corrected chi connectivity index (χ1v) is 9.73. The van der Waals surface area contributed by atoms with E-state index in [4.69, 9.17) is 4.42 Å². The van der Waals surface area contributed by atoms with Gasteiger partial charge in [-0.25, -0.2) is 13.1 Å². The van der Waals surface area contributed by atoms with Crippen LogP contribution in [0.2, 0.25) is 0 Å². The zero-order chi connectivity index (χ0) is 13.7. The van der Waals surface area contributed by atoms with Crippen molar-refractivity contribution in [2.24, 2.45) is 0 Å². The van der Waals surface area contributed by atoms with Crippen LogP contribution in [0.25, 0.3) is 0 Å². The smallest absolute Gasteiger partial charge is 0.273 e. The molecule has 2 N–H and O–H groups in total. The Hall–Kier alpha value is -0.150. The Morgan fingerprint density at radius 2 is 2.26 bits per heavy atom. The summed E-state index contributed by atoms with van der Waals surface area (Å²) in [4.78, 5) is 0. The molecular formula is C11H18N2O3S3. The van der Waals surface area contributed by atoms with Crippen molar-refractivity contribution in [3.8, 4) is 0 Å². The summed E-state index contributed by atoms with van der Waals surface area (Å²) in [6.45, 7) is 1.48. The molecule has 0 amide bonds. The first-order chi connectivity index (χ1) is 9.12. The minimum Gasteiger partial charge on any atom is -0.447 e. The predicted molar refractivity (Wildman–Crippen MR) is 80.2 cm³/mol. The Morgan fingerprint density at radius 1 is 1.42 bits per heavy atom. The Balaban J connectivity index is 1.80. The fourth-order valence-corrected chi connectivity index (χ4v) is 5.02. The Bertz CT molecular complexity index is 495. The monoisotopic (exact) mass is 322 g/mol. The molecular weight excluding hydrogens is 304 g/mol. The van der Waals surface area contributed by atoms with Crippen LogP contribution in [0.5, 0.6) is 0 Å². The van der Waals surface area contributed by atoms with Gasteiger partial charge in [0, 0.05) is 29.1 Å². The molecule has 2 heterocycles. The molecule has 1 unspecified atom stereocenters. The van der Waals surface area contributed by atoms with E-state index in [2.05, 4.69) is 10.0 Å². The molecule has 0 aliphatic carbocycles. The highest BCUT2D eigenvalue weighted by atomic mass is 32.2. The summed E-state index contributed by atoms with van der Waals surface area (Å²) in [6, 6.07) is 3.17. The van der Waals surface area contributed by atoms with E-state index in [1.807, 2.05) is 23.5 Å². The second kappa shape index (κ2) is 7.03. The third-order valence-corrected chi connectivity index (χ3v) is 6.86. The van der Waals surface area contributed by atoms with E-state index in [1.165, 1.54) is 30.4 Å². The zero-order valence-corrected chi connectivity index (χ0v) is 13.2. The van der Waals surface area contributed by atoms with Crippen LogP contribution in [0.15, 0.2) is 21.6 Å². The van der Waals surface area contributed by atoms with Gasteiger partial charge >= 0.3 is 0 Å². The zero-order valence-electron chi connectivity index (χ0n) is 10.7. The van der Waals surface area contributed by atoms with Crippen LogP contribution in [0.1, 0.15) is 5.76 Å². The maximum Gasteiger partial charge on any atom is 0.273 e. The average Bonchev–Trinajstić information content (AvgIpc) is 2.90. The van der Waals surface area contributed by atoms with Gasteiger partial charge in [-0.3, -0.25) is 0 Å². The summed E-state index contributed by atoms with van der Waals surface area (Å²) in [6.07, 6.45) is 0. The number of thioether (sulfide) groups is 2. The molecule has 0 spiro atoms. The van der Waals surface area contributed by atoms with E-state index in [0.717, 1.165) is 6.54 Å². The van der Waals surface area contributed by atoms with Crippen molar-refractivity contribution in [1.82, 2.24) is 10.0 Å². The van der Waals surface area contributed by atoms with Crippen molar-refractivity contribution in [3.63, 3.8) is 0 Å². The number of nitrogens with one attached hydrogen (secondary N) is 2. The molecule has 2 rings (SSSR count). The van der Waals surface area contributed by atoms with E-state index in [1.54, 1.807) is 6.07 Å². The fraction of sp³-hybridized carbons (Fsp3) is 0.636. The van der Waals surface area contributed by atoms with Gasteiger partial charge in [0.1, 0.15) is 5.76 Å². The van der Waals surface area contributed by atoms with Crippen LogP contribution >= 0.6 is 23.5 Å². The Morgan fingerprint density at radius 3 is 2.95 bits per heavy atom. The average molecular weight is 322 g/mol. The largest absolute Gasteiger partial charge is 0.447 e. The van der Waals surface area contributed by atoms with E-state index < -0.39 is 10.0 Å². The van der Waals surface area contributed by atoms with Crippen molar-refractivity contribution in [1.29, 1.82) is 0 Å². The summed E-state index contributed by atoms with van der Waals surface area (Å²) in [5.74, 6) is 4.27. The molecule has 1 saturated heterocycles. The number of hydrogen-bond acceptors (Lipinski definition) is 6. The summed E-state index contributed by atoms with van der Waals surface area (Å²) >= 11 is 3.98. The first kappa shape index (κ1) is 15.2. The van der Waals surface area contributed by atoms with Crippen LogP contribution < -0.4 is 10.0 Å². The molecule has 1 aliphatic rings. The molecule has 1 aromatic heterocycles. The molecule has 0 saturated carbocycles. The molecule has 0 aromatic carbocycles. The van der Waals surface area contributed by atoms with E-state index in [9.17, 15) is 8.42 Å². The Kier molecular flexibility index (Phi) is 5.64. The number of hydrogen-bond donors (Lipinski definition) is 2. The summed E-state index contributed by atoms with van der Waals surface area (Å²) in [5, 5.41) is 3.91. The number of rotatable bonds is 6. The Labute approximate surface area is 122 Å². The lowest BCUT2D eigenvalue weighted by atomic mass is 10.4. The van der Waals surface area contributed by atoms with Crippen LogP contribution in [-0.2, 0) is 16.6 Å². The molecule has 1 aliphatic heterocycles. The van der Waals surface area contributed by atoms with Crippen molar-refractivity contribution in [2.45, 2.75) is 16.9 Å². The normalized spacial score (nSPS) is 20.6. The molecule has 1 fully saturated rings. The van der Waals surface area contributed by atoms with Crippen LogP contribution in [0.4, 0.5) is 0 Å². The number of sulfonamides is 1. The SMILES string of the molecule is CNS(=O)(=O)c1ccc(CNCC2CSCCS2)o1. The highest BCUT2D eigenvalue weighted by molar-refractivity contribution is 8.06. The summed E-state index contributed by atoms with van der Waals surface area (Å²) in [5.41, 5.74) is 0. The molecule has 108 valence electrons.